The molecule has 1 heterocycles. The SMILES string of the molecule is CC.CNCC[C@H](Oc1cccc2c1C=CCC2)c1cccs1.[HH]. The number of hydrogen-bond donors (Lipinski definition) is 1. The molecular formula is C20H29NOS. The number of rotatable bonds is 6. The molecular weight excluding hydrogens is 302 g/mol. The van der Waals surface area contributed by atoms with E-state index in [1.165, 1.54) is 16.0 Å². The summed E-state index contributed by atoms with van der Waals surface area (Å²) in [5.41, 5.74) is 2.66. The van der Waals surface area contributed by atoms with Crippen LogP contribution in [0.5, 0.6) is 5.75 Å². The minimum Gasteiger partial charge on any atom is -0.484 e. The monoisotopic (exact) mass is 331 g/mol. The second-order valence-electron chi connectivity index (χ2n) is 5.28. The van der Waals surface area contributed by atoms with Gasteiger partial charge in [-0.25, -0.2) is 0 Å². The smallest absolute Gasteiger partial charge is 0.134 e. The summed E-state index contributed by atoms with van der Waals surface area (Å²) in [7, 11) is 1.98. The molecule has 0 unspecified atom stereocenters. The van der Waals surface area contributed by atoms with Crippen LogP contribution in [-0.4, -0.2) is 13.6 Å². The van der Waals surface area contributed by atoms with E-state index in [0.29, 0.717) is 0 Å². The van der Waals surface area contributed by atoms with Crippen LogP contribution >= 0.6 is 11.3 Å². The molecule has 3 heteroatoms. The summed E-state index contributed by atoms with van der Waals surface area (Å²) in [6.07, 6.45) is 7.79. The third-order valence-corrected chi connectivity index (χ3v) is 4.77. The molecule has 1 aromatic heterocycles. The van der Waals surface area contributed by atoms with Gasteiger partial charge in [0, 0.05) is 18.3 Å². The molecule has 1 aromatic carbocycles. The van der Waals surface area contributed by atoms with Crippen molar-refractivity contribution in [2.75, 3.05) is 13.6 Å². The van der Waals surface area contributed by atoms with E-state index in [-0.39, 0.29) is 7.53 Å². The summed E-state index contributed by atoms with van der Waals surface area (Å²) < 4.78 is 6.38. The van der Waals surface area contributed by atoms with Crippen molar-refractivity contribution < 1.29 is 6.16 Å². The van der Waals surface area contributed by atoms with Gasteiger partial charge in [-0.05, 0) is 49.5 Å². The van der Waals surface area contributed by atoms with E-state index in [0.717, 1.165) is 31.6 Å². The normalized spacial score (nSPS) is 13.7. The van der Waals surface area contributed by atoms with Crippen molar-refractivity contribution in [3.63, 3.8) is 0 Å². The minimum absolute atomic E-state index is 0. The van der Waals surface area contributed by atoms with Gasteiger partial charge in [0.1, 0.15) is 11.9 Å². The van der Waals surface area contributed by atoms with Gasteiger partial charge in [-0.15, -0.1) is 11.3 Å². The minimum atomic E-state index is 0. The molecule has 3 rings (SSSR count). The summed E-state index contributed by atoms with van der Waals surface area (Å²) in [4.78, 5) is 1.29. The first-order valence-corrected chi connectivity index (χ1v) is 9.39. The first-order chi connectivity index (χ1) is 11.4. The van der Waals surface area contributed by atoms with Gasteiger partial charge < -0.3 is 10.1 Å². The summed E-state index contributed by atoms with van der Waals surface area (Å²) in [5, 5.41) is 5.34. The topological polar surface area (TPSA) is 21.3 Å². The Morgan fingerprint density at radius 2 is 2.13 bits per heavy atom. The summed E-state index contributed by atoms with van der Waals surface area (Å²) in [6, 6.07) is 10.7. The van der Waals surface area contributed by atoms with Crippen LogP contribution in [-0.2, 0) is 6.42 Å². The average Bonchev–Trinajstić information content (AvgIpc) is 3.15. The van der Waals surface area contributed by atoms with E-state index in [1.54, 1.807) is 11.3 Å². The molecule has 1 N–H and O–H groups in total. The number of benzene rings is 1. The number of hydrogen-bond acceptors (Lipinski definition) is 3. The Bertz CT molecular complexity index is 610. The van der Waals surface area contributed by atoms with Gasteiger partial charge in [0.15, 0.2) is 0 Å². The Morgan fingerprint density at radius 1 is 1.26 bits per heavy atom. The van der Waals surface area contributed by atoms with Crippen LogP contribution in [0.25, 0.3) is 6.08 Å². The molecule has 0 bridgehead atoms. The van der Waals surface area contributed by atoms with Crippen LogP contribution in [0, 0.1) is 0 Å². The highest BCUT2D eigenvalue weighted by molar-refractivity contribution is 7.10. The highest BCUT2D eigenvalue weighted by Crippen LogP contribution is 2.33. The van der Waals surface area contributed by atoms with Crippen LogP contribution in [0.1, 0.15) is 50.2 Å². The fraction of sp³-hybridized carbons (Fsp3) is 0.400. The lowest BCUT2D eigenvalue weighted by Gasteiger charge is -2.21. The Kier molecular flexibility index (Phi) is 7.37. The maximum atomic E-state index is 6.38. The average molecular weight is 332 g/mol. The van der Waals surface area contributed by atoms with Gasteiger partial charge in [0.25, 0.3) is 0 Å². The maximum absolute atomic E-state index is 6.38. The van der Waals surface area contributed by atoms with Crippen LogP contribution < -0.4 is 10.1 Å². The van der Waals surface area contributed by atoms with E-state index in [4.69, 9.17) is 4.74 Å². The second kappa shape index (κ2) is 9.53. The van der Waals surface area contributed by atoms with Crippen LogP contribution in [0.15, 0.2) is 41.8 Å². The van der Waals surface area contributed by atoms with Gasteiger partial charge in [-0.2, -0.15) is 0 Å². The van der Waals surface area contributed by atoms with E-state index < -0.39 is 0 Å². The van der Waals surface area contributed by atoms with Gasteiger partial charge in [0.2, 0.25) is 0 Å². The number of nitrogens with one attached hydrogen (secondary N) is 1. The number of ether oxygens (including phenoxy) is 1. The predicted molar refractivity (Wildman–Crippen MR) is 103 cm³/mol. The maximum Gasteiger partial charge on any atom is 0.134 e. The van der Waals surface area contributed by atoms with Gasteiger partial charge in [-0.3, -0.25) is 0 Å². The largest absolute Gasteiger partial charge is 0.484 e. The molecule has 0 aliphatic heterocycles. The van der Waals surface area contributed by atoms with Gasteiger partial charge >= 0.3 is 0 Å². The molecule has 1 atom stereocenters. The van der Waals surface area contributed by atoms with Gasteiger partial charge in [0.05, 0.1) is 0 Å². The van der Waals surface area contributed by atoms with Crippen molar-refractivity contribution in [3.8, 4) is 5.75 Å². The third-order valence-electron chi connectivity index (χ3n) is 3.81. The Balaban J connectivity index is 0.000000925. The number of allylic oxidation sites excluding steroid dienone is 1. The molecule has 2 nitrogen and oxygen atoms in total. The molecule has 0 radical (unpaired) electrons. The van der Waals surface area contributed by atoms with E-state index in [1.807, 2.05) is 20.9 Å². The van der Waals surface area contributed by atoms with Crippen molar-refractivity contribution in [2.24, 2.45) is 0 Å². The Labute approximate surface area is 145 Å². The highest BCUT2D eigenvalue weighted by atomic mass is 32.1. The van der Waals surface area contributed by atoms with Crippen molar-refractivity contribution in [2.45, 2.75) is 39.2 Å². The molecule has 1 aliphatic rings. The lowest BCUT2D eigenvalue weighted by Crippen LogP contribution is -2.16. The summed E-state index contributed by atoms with van der Waals surface area (Å²) >= 11 is 1.77. The lowest BCUT2D eigenvalue weighted by atomic mass is 9.96. The number of aryl methyl sites for hydroxylation is 1. The first kappa shape index (κ1) is 17.8. The lowest BCUT2D eigenvalue weighted by molar-refractivity contribution is 0.198. The molecule has 0 fully saturated rings. The molecule has 0 amide bonds. The fourth-order valence-corrected chi connectivity index (χ4v) is 3.49. The zero-order chi connectivity index (χ0) is 16.5. The molecule has 0 saturated heterocycles. The van der Waals surface area contributed by atoms with Crippen molar-refractivity contribution in [1.82, 2.24) is 5.32 Å². The van der Waals surface area contributed by atoms with Crippen LogP contribution in [0.4, 0.5) is 0 Å². The number of fused-ring (bicyclic) bond motifs is 1. The van der Waals surface area contributed by atoms with Gasteiger partial charge in [-0.1, -0.05) is 44.2 Å². The highest BCUT2D eigenvalue weighted by Gasteiger charge is 2.17. The van der Waals surface area contributed by atoms with E-state index in [9.17, 15) is 0 Å². The molecule has 1 aliphatic carbocycles. The summed E-state index contributed by atoms with van der Waals surface area (Å²) in [5.74, 6) is 1.01. The second-order valence-corrected chi connectivity index (χ2v) is 6.26. The van der Waals surface area contributed by atoms with Crippen molar-refractivity contribution >= 4 is 17.4 Å². The fourth-order valence-electron chi connectivity index (χ4n) is 2.70. The third kappa shape index (κ3) is 4.69. The molecule has 0 spiro atoms. The van der Waals surface area contributed by atoms with Crippen LogP contribution in [0.2, 0.25) is 0 Å². The molecule has 126 valence electrons. The molecule has 0 saturated carbocycles. The van der Waals surface area contributed by atoms with Crippen molar-refractivity contribution in [1.29, 1.82) is 0 Å². The quantitative estimate of drug-likeness (QED) is 0.732. The standard InChI is InChI=1S/C18H21NOS.C2H6.H2/c1-19-12-11-17(18-10-5-13-21-18)20-16-9-4-7-14-6-2-3-8-15(14)16;1-2;/h3-5,7-10,13,17,19H,2,6,11-12H2,1H3;1-2H3;1H/t17-;;/m0../s1. The van der Waals surface area contributed by atoms with Crippen molar-refractivity contribution in [3.05, 3.63) is 57.8 Å². The predicted octanol–water partition coefficient (Wildman–Crippen LogP) is 5.71. The molecule has 23 heavy (non-hydrogen) atoms. The van der Waals surface area contributed by atoms with Crippen LogP contribution in [0.3, 0.4) is 0 Å². The zero-order valence-electron chi connectivity index (χ0n) is 14.3. The zero-order valence-corrected chi connectivity index (χ0v) is 15.2. The van der Waals surface area contributed by atoms with E-state index in [2.05, 4.69) is 53.2 Å². The molecule has 2 aromatic rings. The Morgan fingerprint density at radius 3 is 2.87 bits per heavy atom. The van der Waals surface area contributed by atoms with E-state index >= 15 is 0 Å². The first-order valence-electron chi connectivity index (χ1n) is 8.51. The summed E-state index contributed by atoms with van der Waals surface area (Å²) in [6.45, 7) is 4.95. The number of thiophene rings is 1. The Hall–Kier alpha value is -1.58.